The van der Waals surface area contributed by atoms with Crippen molar-refractivity contribution < 1.29 is 34.0 Å². The SMILES string of the molecule is CC(C)(C)c1ccc2c(c1)Oc1cc(C(C)(C)C)cc3c1N2c1cc(-c2ccnc(-c4[c-]cccc4)c2)cc2c1B3c1cc(C(C)(C)C)cc3c1N2c1ccc(C(C)(C)C)cc1O3.Cc1cnc(-c2[c-]cc(F)cc2)cc1C.[Ir]. The molecule has 79 heavy (non-hydrogen) atoms. The molecule has 7 aromatic carbocycles. The van der Waals surface area contributed by atoms with Crippen LogP contribution in [0.4, 0.5) is 38.5 Å². The van der Waals surface area contributed by atoms with E-state index in [1.165, 1.54) is 56.3 Å². The predicted octanol–water partition coefficient (Wildman–Crippen LogP) is 17.0. The average molecular weight is 1220 g/mol. The maximum atomic E-state index is 12.7. The van der Waals surface area contributed by atoms with Gasteiger partial charge in [0.1, 0.15) is 0 Å². The monoisotopic (exact) mass is 1220 g/mol. The van der Waals surface area contributed by atoms with E-state index in [1.54, 1.807) is 6.07 Å². The summed E-state index contributed by atoms with van der Waals surface area (Å²) in [6.45, 7) is 31.4. The summed E-state index contributed by atoms with van der Waals surface area (Å²) in [5, 5.41) is 0. The van der Waals surface area contributed by atoms with E-state index in [0.717, 1.165) is 96.3 Å². The summed E-state index contributed by atoms with van der Waals surface area (Å²) in [5.41, 5.74) is 23.0. The summed E-state index contributed by atoms with van der Waals surface area (Å²) in [4.78, 5) is 14.1. The van der Waals surface area contributed by atoms with Gasteiger partial charge in [-0.25, -0.2) is 0 Å². The van der Waals surface area contributed by atoms with E-state index >= 15 is 0 Å². The number of anilines is 6. The van der Waals surface area contributed by atoms with Crippen molar-refractivity contribution in [2.75, 3.05) is 9.80 Å². The minimum Gasteiger partial charge on any atom is -0.453 e. The van der Waals surface area contributed by atoms with Crippen LogP contribution in [0.15, 0.2) is 146 Å². The molecule has 1 radical (unpaired) electrons. The molecule has 4 aliphatic rings. The van der Waals surface area contributed by atoms with Gasteiger partial charge in [0.25, 0.3) is 6.71 Å². The Bertz CT molecular complexity index is 3740. The molecular weight excluding hydrogens is 1150 g/mol. The Morgan fingerprint density at radius 1 is 0.481 bits per heavy atom. The van der Waals surface area contributed by atoms with Crippen molar-refractivity contribution in [3.05, 3.63) is 197 Å². The molecule has 0 fully saturated rings. The molecular formula is C70H66BFIrN4O2-2. The van der Waals surface area contributed by atoms with Gasteiger partial charge in [0.05, 0.1) is 22.7 Å². The molecule has 0 N–H and O–H groups in total. The number of pyridine rings is 2. The van der Waals surface area contributed by atoms with Crippen molar-refractivity contribution in [1.82, 2.24) is 9.97 Å². The minimum absolute atomic E-state index is 0. The summed E-state index contributed by atoms with van der Waals surface area (Å²) in [6, 6.07) is 53.1. The van der Waals surface area contributed by atoms with Crippen molar-refractivity contribution in [2.45, 2.75) is 119 Å². The van der Waals surface area contributed by atoms with Gasteiger partial charge in [-0.1, -0.05) is 125 Å². The van der Waals surface area contributed by atoms with Gasteiger partial charge in [-0.15, -0.1) is 65.7 Å². The molecule has 9 heteroatoms. The number of aryl methyl sites for hydroxylation is 2. The second-order valence-corrected chi connectivity index (χ2v) is 25.7. The molecule has 13 rings (SSSR count). The molecule has 6 heterocycles. The van der Waals surface area contributed by atoms with Crippen LogP contribution in [0, 0.1) is 31.8 Å². The smallest absolute Gasteiger partial charge is 0.252 e. The van der Waals surface area contributed by atoms with Gasteiger partial charge in [0, 0.05) is 49.7 Å². The molecule has 6 nitrogen and oxygen atoms in total. The fourth-order valence-electron chi connectivity index (χ4n) is 11.3. The van der Waals surface area contributed by atoms with Crippen molar-refractivity contribution in [3.63, 3.8) is 0 Å². The third kappa shape index (κ3) is 9.47. The largest absolute Gasteiger partial charge is 0.453 e. The van der Waals surface area contributed by atoms with Gasteiger partial charge in [-0.05, 0) is 157 Å². The fraction of sp³-hybridized carbons (Fsp3) is 0.257. The Kier molecular flexibility index (Phi) is 13.0. The number of hydrogen-bond acceptors (Lipinski definition) is 6. The van der Waals surface area contributed by atoms with Crippen LogP contribution in [0.5, 0.6) is 23.0 Å². The molecule has 399 valence electrons. The molecule has 0 aliphatic carbocycles. The second-order valence-electron chi connectivity index (χ2n) is 25.7. The van der Waals surface area contributed by atoms with Crippen molar-refractivity contribution in [3.8, 4) is 56.6 Å². The van der Waals surface area contributed by atoms with Gasteiger partial charge in [0.2, 0.25) is 0 Å². The van der Waals surface area contributed by atoms with E-state index in [-0.39, 0.29) is 54.3 Å². The summed E-state index contributed by atoms with van der Waals surface area (Å²) in [7, 11) is 0. The first kappa shape index (κ1) is 53.7. The van der Waals surface area contributed by atoms with E-state index in [2.05, 4.69) is 201 Å². The summed E-state index contributed by atoms with van der Waals surface area (Å²) < 4.78 is 27.0. The van der Waals surface area contributed by atoms with Crippen molar-refractivity contribution in [1.29, 1.82) is 0 Å². The van der Waals surface area contributed by atoms with Gasteiger partial charge >= 0.3 is 0 Å². The maximum absolute atomic E-state index is 12.7. The molecule has 0 spiro atoms. The first-order valence-corrected chi connectivity index (χ1v) is 27.2. The fourth-order valence-corrected chi connectivity index (χ4v) is 11.3. The quantitative estimate of drug-likeness (QED) is 0.130. The van der Waals surface area contributed by atoms with Crippen molar-refractivity contribution in [2.24, 2.45) is 0 Å². The average Bonchev–Trinajstić information content (AvgIpc) is 2.32. The summed E-state index contributed by atoms with van der Waals surface area (Å²) in [5.74, 6) is 3.24. The molecule has 0 saturated heterocycles. The molecule has 0 atom stereocenters. The molecule has 0 saturated carbocycles. The van der Waals surface area contributed by atoms with Crippen LogP contribution in [-0.2, 0) is 41.8 Å². The van der Waals surface area contributed by atoms with Gasteiger partial charge in [0.15, 0.2) is 23.0 Å². The van der Waals surface area contributed by atoms with E-state index < -0.39 is 0 Å². The van der Waals surface area contributed by atoms with Crippen LogP contribution in [0.1, 0.15) is 116 Å². The third-order valence-corrected chi connectivity index (χ3v) is 16.0. The Hall–Kier alpha value is -7.32. The number of fused-ring (bicyclic) bond motifs is 8. The van der Waals surface area contributed by atoms with Crippen LogP contribution >= 0.6 is 0 Å². The Balaban J connectivity index is 0.000000357. The van der Waals surface area contributed by atoms with Crippen LogP contribution in [-0.4, -0.2) is 16.7 Å². The number of ether oxygens (including phenoxy) is 2. The molecule has 0 amide bonds. The Morgan fingerprint density at radius 2 is 1.00 bits per heavy atom. The Morgan fingerprint density at radius 3 is 1.48 bits per heavy atom. The zero-order chi connectivity index (χ0) is 55.0. The zero-order valence-corrected chi connectivity index (χ0v) is 50.1. The Labute approximate surface area is 480 Å². The van der Waals surface area contributed by atoms with Gasteiger partial charge in [-0.2, -0.15) is 0 Å². The molecule has 4 aliphatic heterocycles. The van der Waals surface area contributed by atoms with E-state index in [9.17, 15) is 4.39 Å². The first-order valence-electron chi connectivity index (χ1n) is 27.2. The van der Waals surface area contributed by atoms with Crippen LogP contribution in [0.2, 0.25) is 0 Å². The van der Waals surface area contributed by atoms with E-state index in [4.69, 9.17) is 14.5 Å². The normalized spacial score (nSPS) is 13.5. The molecule has 0 unspecified atom stereocenters. The number of hydrogen-bond donors (Lipinski definition) is 0. The zero-order valence-electron chi connectivity index (χ0n) is 47.8. The third-order valence-electron chi connectivity index (χ3n) is 16.0. The topological polar surface area (TPSA) is 50.7 Å². The first-order chi connectivity index (χ1) is 36.9. The number of benzene rings is 7. The standard InChI is InChI=1S/C57H55BN3O2.C13H11FN.Ir/c1-54(2,3)36-18-20-43-47(29-36)62-49-31-38(56(7,8)9)27-40-52(49)60(43)45-25-35(34-22-23-59-42(24-34)33-16-14-13-15-17-33)26-46-51(45)58(40)41-28-39(57(10,11)12)32-50-53(41)61(46)44-21-19-37(55(4,5)6)30-48(44)63-50;1-9-7-13(15-8-10(9)2)11-3-5-12(14)6-4-11;/h13-16,18-32H,1-12H3;3,5-8H,1-2H3;/q2*-1;. The second kappa shape index (κ2) is 19.2. The van der Waals surface area contributed by atoms with Crippen molar-refractivity contribution >= 4 is 57.2 Å². The van der Waals surface area contributed by atoms with Crippen LogP contribution in [0.25, 0.3) is 33.6 Å². The predicted molar refractivity (Wildman–Crippen MR) is 321 cm³/mol. The molecule has 2 aromatic heterocycles. The minimum atomic E-state index is -0.275. The summed E-state index contributed by atoms with van der Waals surface area (Å²) in [6.07, 6.45) is 3.75. The molecule has 9 aromatic rings. The number of rotatable bonds is 3. The van der Waals surface area contributed by atoms with E-state index in [1.807, 2.05) is 50.5 Å². The maximum Gasteiger partial charge on any atom is 0.252 e. The number of aromatic nitrogens is 2. The van der Waals surface area contributed by atoms with Crippen LogP contribution < -0.4 is 35.7 Å². The van der Waals surface area contributed by atoms with E-state index in [0.29, 0.717) is 0 Å². The van der Waals surface area contributed by atoms with Crippen LogP contribution in [0.3, 0.4) is 0 Å². The molecule has 0 bridgehead atoms. The number of halogens is 1. The van der Waals surface area contributed by atoms with Gasteiger partial charge in [-0.3, -0.25) is 4.39 Å². The number of nitrogens with zero attached hydrogens (tertiary/aromatic N) is 4. The van der Waals surface area contributed by atoms with Gasteiger partial charge < -0.3 is 29.2 Å². The summed E-state index contributed by atoms with van der Waals surface area (Å²) >= 11 is 0.